The molecular weight excluding hydrogens is 521 g/mol. The van der Waals surface area contributed by atoms with Gasteiger partial charge < -0.3 is 26.0 Å². The largest absolute Gasteiger partial charge is 0.444 e. The molecule has 2 amide bonds. The van der Waals surface area contributed by atoms with Crippen molar-refractivity contribution < 1.29 is 28.4 Å². The van der Waals surface area contributed by atoms with Crippen LogP contribution in [-0.2, 0) is 14.4 Å². The number of halogens is 1. The Morgan fingerprint density at radius 1 is 1.20 bits per heavy atom. The molecule has 0 saturated carbocycles. The number of anilines is 4. The van der Waals surface area contributed by atoms with Gasteiger partial charge in [-0.3, -0.25) is 9.78 Å². The van der Waals surface area contributed by atoms with E-state index in [2.05, 4.69) is 20.6 Å². The highest BCUT2D eigenvalue weighted by Crippen LogP contribution is 2.40. The summed E-state index contributed by atoms with van der Waals surface area (Å²) in [6.45, 7) is 13.8. The van der Waals surface area contributed by atoms with Gasteiger partial charge in [-0.2, -0.15) is 0 Å². The molecule has 218 valence electrons. The number of ether oxygens (including phenoxy) is 1. The highest BCUT2D eigenvalue weighted by molar-refractivity contribution is 6.07. The van der Waals surface area contributed by atoms with Crippen LogP contribution in [0.25, 0.3) is 0 Å². The Morgan fingerprint density at radius 3 is 2.52 bits per heavy atom. The van der Waals surface area contributed by atoms with Crippen molar-refractivity contribution in [1.82, 2.24) is 15.3 Å². The van der Waals surface area contributed by atoms with E-state index in [9.17, 15) is 14.0 Å². The van der Waals surface area contributed by atoms with Crippen LogP contribution in [0.15, 0.2) is 24.5 Å². The first-order valence-electron chi connectivity index (χ1n) is 13.2. The van der Waals surface area contributed by atoms with Gasteiger partial charge in [0.1, 0.15) is 16.8 Å². The summed E-state index contributed by atoms with van der Waals surface area (Å²) in [5.41, 5.74) is 4.57. The minimum atomic E-state index is -0.804. The predicted molar refractivity (Wildman–Crippen MR) is 148 cm³/mol. The van der Waals surface area contributed by atoms with Crippen molar-refractivity contribution in [2.45, 2.75) is 84.2 Å². The number of aromatic nitrogens is 2. The zero-order valence-electron chi connectivity index (χ0n) is 24.0. The number of nitrogen functional groups attached to an aromatic ring is 1. The molecule has 2 fully saturated rings. The number of pyridine rings is 2. The van der Waals surface area contributed by atoms with Crippen LogP contribution in [0.3, 0.4) is 0 Å². The smallest absolute Gasteiger partial charge is 0.407 e. The fourth-order valence-electron chi connectivity index (χ4n) is 4.27. The van der Waals surface area contributed by atoms with Gasteiger partial charge in [0.25, 0.3) is 5.91 Å². The first-order valence-corrected chi connectivity index (χ1v) is 13.2. The average molecular weight is 560 g/mol. The number of rotatable bonds is 5. The molecule has 12 nitrogen and oxygen atoms in total. The number of hydrogen-bond donors (Lipinski definition) is 3. The molecule has 4 rings (SSSR count). The molecule has 0 aliphatic carbocycles. The molecule has 1 atom stereocenters. The second-order valence-corrected chi connectivity index (χ2v) is 12.0. The van der Waals surface area contributed by atoms with Gasteiger partial charge in [0.15, 0.2) is 11.5 Å². The lowest BCUT2D eigenvalue weighted by molar-refractivity contribution is -0.0307. The van der Waals surface area contributed by atoms with Gasteiger partial charge in [0.2, 0.25) is 5.82 Å². The number of nitrogens with zero attached hydrogens (tertiary/aromatic N) is 4. The molecule has 4 heterocycles. The van der Waals surface area contributed by atoms with Gasteiger partial charge in [-0.25, -0.2) is 23.8 Å². The number of hydrogen-bond acceptors (Lipinski definition) is 10. The predicted octanol–water partition coefficient (Wildman–Crippen LogP) is 4.18. The second-order valence-electron chi connectivity index (χ2n) is 12.0. The van der Waals surface area contributed by atoms with Crippen LogP contribution in [0.4, 0.5) is 32.1 Å². The van der Waals surface area contributed by atoms with E-state index in [4.69, 9.17) is 20.1 Å². The number of amides is 2. The van der Waals surface area contributed by atoms with Crippen LogP contribution in [0.1, 0.15) is 71.8 Å². The van der Waals surface area contributed by atoms with Crippen molar-refractivity contribution in [3.05, 3.63) is 36.0 Å². The molecular formula is C27H38FN7O5. The van der Waals surface area contributed by atoms with Gasteiger partial charge in [0.05, 0.1) is 23.3 Å². The van der Waals surface area contributed by atoms with Crippen molar-refractivity contribution in [2.24, 2.45) is 0 Å². The summed E-state index contributed by atoms with van der Waals surface area (Å²) < 4.78 is 20.3. The van der Waals surface area contributed by atoms with E-state index < -0.39 is 34.6 Å². The Balaban J connectivity index is 1.52. The molecule has 13 heteroatoms. The standard InChI is InChI=1S/C27H38FN7O5/c1-25(2,3)38-24(37)31-16-9-8-12-34(15-16)20-10-11-30-14-19(20)32-23(36)21-18(29)13-17(28)22(33-21)35-39-26(4,5)27(6,7)40-35/h10-11,13-14,16H,8-9,12,15,29H2,1-7H3,(H,31,37)(H,32,36)/t16-/m0/s1. The zero-order chi connectivity index (χ0) is 29.5. The third kappa shape index (κ3) is 6.36. The van der Waals surface area contributed by atoms with Gasteiger partial charge in [-0.1, -0.05) is 0 Å². The van der Waals surface area contributed by atoms with E-state index in [1.165, 1.54) is 6.20 Å². The topological polar surface area (TPSA) is 144 Å². The quantitative estimate of drug-likeness (QED) is 0.488. The van der Waals surface area contributed by atoms with E-state index in [1.54, 1.807) is 40.0 Å². The minimum Gasteiger partial charge on any atom is -0.444 e. The Bertz CT molecular complexity index is 1260. The second kappa shape index (κ2) is 10.7. The van der Waals surface area contributed by atoms with Crippen LogP contribution in [0.2, 0.25) is 0 Å². The molecule has 0 unspecified atom stereocenters. The summed E-state index contributed by atoms with van der Waals surface area (Å²) in [6, 6.07) is 2.63. The lowest BCUT2D eigenvalue weighted by Crippen LogP contribution is -2.49. The van der Waals surface area contributed by atoms with E-state index in [0.29, 0.717) is 24.5 Å². The Kier molecular flexibility index (Phi) is 7.83. The van der Waals surface area contributed by atoms with Crippen LogP contribution >= 0.6 is 0 Å². The molecule has 2 aliphatic heterocycles. The maximum atomic E-state index is 14.9. The molecule has 2 aromatic heterocycles. The van der Waals surface area contributed by atoms with Crippen LogP contribution in [0, 0.1) is 5.82 Å². The average Bonchev–Trinajstić information content (AvgIpc) is 3.04. The highest BCUT2D eigenvalue weighted by Gasteiger charge is 2.51. The number of nitrogens with one attached hydrogen (secondary N) is 2. The summed E-state index contributed by atoms with van der Waals surface area (Å²) in [4.78, 5) is 47.6. The van der Waals surface area contributed by atoms with Crippen molar-refractivity contribution in [3.63, 3.8) is 0 Å². The van der Waals surface area contributed by atoms with E-state index >= 15 is 0 Å². The number of carbonyl (C=O) groups excluding carboxylic acids is 2. The molecule has 0 bridgehead atoms. The summed E-state index contributed by atoms with van der Waals surface area (Å²) in [5.74, 6) is -1.79. The summed E-state index contributed by atoms with van der Waals surface area (Å²) in [6.07, 6.45) is 4.25. The van der Waals surface area contributed by atoms with Crippen LogP contribution in [-0.4, -0.2) is 57.9 Å². The van der Waals surface area contributed by atoms with Crippen molar-refractivity contribution in [2.75, 3.05) is 34.3 Å². The summed E-state index contributed by atoms with van der Waals surface area (Å²) in [5, 5.41) is 6.60. The monoisotopic (exact) mass is 559 g/mol. The van der Waals surface area contributed by atoms with E-state index in [0.717, 1.165) is 24.1 Å². The lowest BCUT2D eigenvalue weighted by atomic mass is 9.90. The van der Waals surface area contributed by atoms with Crippen molar-refractivity contribution in [1.29, 1.82) is 0 Å². The molecule has 2 aliphatic rings. The zero-order valence-corrected chi connectivity index (χ0v) is 24.0. The van der Waals surface area contributed by atoms with Gasteiger partial charge >= 0.3 is 6.09 Å². The SMILES string of the molecule is CC(C)(C)OC(=O)N[C@H]1CCCN(c2ccncc2NC(=O)c2nc(N3OC(C)(C)C(C)(C)O3)c(F)cc2N)C1. The summed E-state index contributed by atoms with van der Waals surface area (Å²) >= 11 is 0. The number of alkyl carbamates (subject to hydrolysis) is 1. The molecule has 0 radical (unpaired) electrons. The number of nitrogens with two attached hydrogens (primary N) is 1. The normalized spacial score (nSPS) is 20.2. The molecule has 4 N–H and O–H groups in total. The highest BCUT2D eigenvalue weighted by atomic mass is 19.1. The molecule has 2 saturated heterocycles. The first kappa shape index (κ1) is 29.3. The van der Waals surface area contributed by atoms with Crippen molar-refractivity contribution in [3.8, 4) is 0 Å². The van der Waals surface area contributed by atoms with Gasteiger partial charge in [-0.15, -0.1) is 5.23 Å². The van der Waals surface area contributed by atoms with Gasteiger partial charge in [0, 0.05) is 31.4 Å². The maximum Gasteiger partial charge on any atom is 0.407 e. The molecule has 2 aromatic rings. The fourth-order valence-corrected chi connectivity index (χ4v) is 4.27. The lowest BCUT2D eigenvalue weighted by Gasteiger charge is -2.35. The third-order valence-electron chi connectivity index (χ3n) is 6.98. The first-order chi connectivity index (χ1) is 18.6. The molecule has 40 heavy (non-hydrogen) atoms. The van der Waals surface area contributed by atoms with E-state index in [-0.39, 0.29) is 23.2 Å². The minimum absolute atomic E-state index is 0.147. The number of carbonyl (C=O) groups is 2. The molecule has 0 spiro atoms. The Labute approximate surface area is 233 Å². The number of piperidine rings is 1. The van der Waals surface area contributed by atoms with Crippen LogP contribution in [0.5, 0.6) is 0 Å². The third-order valence-corrected chi connectivity index (χ3v) is 6.98. The molecule has 0 aromatic carbocycles. The Hall–Kier alpha value is -3.71. The Morgan fingerprint density at radius 2 is 1.88 bits per heavy atom. The van der Waals surface area contributed by atoms with Gasteiger partial charge in [-0.05, 0) is 67.4 Å². The van der Waals surface area contributed by atoms with Crippen LogP contribution < -0.4 is 26.5 Å². The van der Waals surface area contributed by atoms with E-state index in [1.807, 2.05) is 25.7 Å². The van der Waals surface area contributed by atoms with Crippen molar-refractivity contribution >= 4 is 34.9 Å². The maximum absolute atomic E-state index is 14.9. The fraction of sp³-hybridized carbons (Fsp3) is 0.556. The summed E-state index contributed by atoms with van der Waals surface area (Å²) in [7, 11) is 0.